The molecule has 0 amide bonds. The number of anilines is 1. The van der Waals surface area contributed by atoms with Crippen molar-refractivity contribution >= 4 is 5.82 Å². The molecular weight excluding hydrogens is 234 g/mol. The van der Waals surface area contributed by atoms with Crippen LogP contribution in [0.3, 0.4) is 0 Å². The van der Waals surface area contributed by atoms with Crippen molar-refractivity contribution in [3.05, 3.63) is 36.0 Å². The predicted octanol–water partition coefficient (Wildman–Crippen LogP) is 3.03. The number of hydrogen-bond acceptors (Lipinski definition) is 2. The normalized spacial score (nSPS) is 14.9. The lowest BCUT2D eigenvalue weighted by Crippen LogP contribution is -2.12. The highest BCUT2D eigenvalue weighted by Gasteiger charge is 2.27. The Morgan fingerprint density at radius 2 is 2.05 bits per heavy atom. The standard InChI is InChI=1S/C16H17N3/c1-2-11-19-15(17)14(12-9-6-10-12)18-16(19)13-7-4-3-5-8-13/h1,3-5,7-8,12H,6,9-11,17H2. The van der Waals surface area contributed by atoms with Crippen LogP contribution in [0, 0.1) is 12.3 Å². The molecule has 0 spiro atoms. The molecule has 0 bridgehead atoms. The molecule has 0 radical (unpaired) electrons. The highest BCUT2D eigenvalue weighted by Crippen LogP contribution is 2.40. The van der Waals surface area contributed by atoms with E-state index in [0.29, 0.717) is 12.5 Å². The van der Waals surface area contributed by atoms with Gasteiger partial charge in [0.15, 0.2) is 0 Å². The van der Waals surface area contributed by atoms with Gasteiger partial charge in [0, 0.05) is 11.5 Å². The summed E-state index contributed by atoms with van der Waals surface area (Å²) < 4.78 is 1.95. The first-order valence-electron chi connectivity index (χ1n) is 6.66. The van der Waals surface area contributed by atoms with Crippen molar-refractivity contribution in [3.63, 3.8) is 0 Å². The smallest absolute Gasteiger partial charge is 0.142 e. The second kappa shape index (κ2) is 4.81. The minimum absolute atomic E-state index is 0.468. The number of rotatable bonds is 3. The molecule has 0 aliphatic heterocycles. The summed E-state index contributed by atoms with van der Waals surface area (Å²) in [6.07, 6.45) is 9.10. The van der Waals surface area contributed by atoms with Gasteiger partial charge in [-0.15, -0.1) is 6.42 Å². The Hall–Kier alpha value is -2.21. The summed E-state index contributed by atoms with van der Waals surface area (Å²) in [4.78, 5) is 4.76. The first kappa shape index (κ1) is 11.9. The maximum absolute atomic E-state index is 6.24. The number of benzene rings is 1. The Morgan fingerprint density at radius 3 is 2.63 bits per heavy atom. The van der Waals surface area contributed by atoms with Gasteiger partial charge in [0.2, 0.25) is 0 Å². The summed E-state index contributed by atoms with van der Waals surface area (Å²) in [7, 11) is 0. The summed E-state index contributed by atoms with van der Waals surface area (Å²) in [6.45, 7) is 0.468. The average molecular weight is 251 g/mol. The molecule has 19 heavy (non-hydrogen) atoms. The van der Waals surface area contributed by atoms with E-state index in [-0.39, 0.29) is 0 Å². The zero-order chi connectivity index (χ0) is 13.2. The molecule has 1 saturated carbocycles. The molecule has 2 N–H and O–H groups in total. The summed E-state index contributed by atoms with van der Waals surface area (Å²) in [5, 5.41) is 0. The van der Waals surface area contributed by atoms with E-state index in [2.05, 4.69) is 5.92 Å². The Bertz CT molecular complexity index is 615. The van der Waals surface area contributed by atoms with E-state index >= 15 is 0 Å². The van der Waals surface area contributed by atoms with E-state index in [9.17, 15) is 0 Å². The second-order valence-electron chi connectivity index (χ2n) is 4.99. The van der Waals surface area contributed by atoms with Crippen molar-refractivity contribution in [2.45, 2.75) is 31.7 Å². The zero-order valence-corrected chi connectivity index (χ0v) is 10.8. The highest BCUT2D eigenvalue weighted by atomic mass is 15.1. The van der Waals surface area contributed by atoms with Crippen LogP contribution in [-0.2, 0) is 6.54 Å². The lowest BCUT2D eigenvalue weighted by molar-refractivity contribution is 0.413. The Labute approximate surface area is 113 Å². The molecule has 1 aliphatic carbocycles. The fourth-order valence-electron chi connectivity index (χ4n) is 2.53. The van der Waals surface area contributed by atoms with Crippen LogP contribution in [0.15, 0.2) is 30.3 Å². The largest absolute Gasteiger partial charge is 0.383 e. The van der Waals surface area contributed by atoms with Gasteiger partial charge >= 0.3 is 0 Å². The molecule has 1 heterocycles. The van der Waals surface area contributed by atoms with E-state index in [1.165, 1.54) is 19.3 Å². The van der Waals surface area contributed by atoms with Crippen LogP contribution in [0.25, 0.3) is 11.4 Å². The summed E-state index contributed by atoms with van der Waals surface area (Å²) in [5.41, 5.74) is 8.34. The first-order valence-corrected chi connectivity index (χ1v) is 6.66. The number of terminal acetylenes is 1. The maximum Gasteiger partial charge on any atom is 0.142 e. The average Bonchev–Trinajstić information content (AvgIpc) is 2.68. The Morgan fingerprint density at radius 1 is 1.32 bits per heavy atom. The molecule has 2 aromatic rings. The molecule has 0 atom stereocenters. The summed E-state index contributed by atoms with van der Waals surface area (Å²) in [6, 6.07) is 10.1. The molecule has 96 valence electrons. The van der Waals surface area contributed by atoms with Crippen LogP contribution in [0.2, 0.25) is 0 Å². The molecule has 3 nitrogen and oxygen atoms in total. The van der Waals surface area contributed by atoms with Gasteiger partial charge in [-0.2, -0.15) is 0 Å². The number of nitrogens with zero attached hydrogens (tertiary/aromatic N) is 2. The maximum atomic E-state index is 6.24. The van der Waals surface area contributed by atoms with Crippen LogP contribution in [0.5, 0.6) is 0 Å². The molecule has 1 aliphatic rings. The van der Waals surface area contributed by atoms with Crippen molar-refractivity contribution in [1.82, 2.24) is 9.55 Å². The third-order valence-electron chi connectivity index (χ3n) is 3.81. The number of nitrogen functional groups attached to an aromatic ring is 1. The highest BCUT2D eigenvalue weighted by molar-refractivity contribution is 5.61. The van der Waals surface area contributed by atoms with Gasteiger partial charge in [-0.25, -0.2) is 4.98 Å². The minimum Gasteiger partial charge on any atom is -0.383 e. The predicted molar refractivity (Wildman–Crippen MR) is 77.5 cm³/mol. The van der Waals surface area contributed by atoms with Crippen LogP contribution in [0.1, 0.15) is 30.9 Å². The quantitative estimate of drug-likeness (QED) is 0.852. The molecule has 1 aromatic carbocycles. The topological polar surface area (TPSA) is 43.8 Å². The van der Waals surface area contributed by atoms with E-state index in [4.69, 9.17) is 17.1 Å². The minimum atomic E-state index is 0.468. The van der Waals surface area contributed by atoms with Gasteiger partial charge in [0.05, 0.1) is 12.2 Å². The van der Waals surface area contributed by atoms with Gasteiger partial charge in [-0.3, -0.25) is 4.57 Å². The van der Waals surface area contributed by atoms with Crippen LogP contribution in [-0.4, -0.2) is 9.55 Å². The first-order chi connectivity index (χ1) is 9.31. The van der Waals surface area contributed by atoms with Crippen molar-refractivity contribution in [2.75, 3.05) is 5.73 Å². The van der Waals surface area contributed by atoms with Crippen LogP contribution >= 0.6 is 0 Å². The van der Waals surface area contributed by atoms with Crippen molar-refractivity contribution in [3.8, 4) is 23.7 Å². The number of aromatic nitrogens is 2. The molecule has 0 unspecified atom stereocenters. The molecule has 0 saturated heterocycles. The fraction of sp³-hybridized carbons (Fsp3) is 0.312. The summed E-state index contributed by atoms with van der Waals surface area (Å²) in [5.74, 6) is 4.81. The van der Waals surface area contributed by atoms with Gasteiger partial charge in [-0.05, 0) is 12.8 Å². The van der Waals surface area contributed by atoms with Crippen molar-refractivity contribution in [2.24, 2.45) is 0 Å². The van der Waals surface area contributed by atoms with Gasteiger partial charge < -0.3 is 5.73 Å². The monoisotopic (exact) mass is 251 g/mol. The van der Waals surface area contributed by atoms with Crippen molar-refractivity contribution < 1.29 is 0 Å². The molecule has 3 heteroatoms. The van der Waals surface area contributed by atoms with E-state index in [1.807, 2.05) is 34.9 Å². The number of imidazole rings is 1. The lowest BCUT2D eigenvalue weighted by atomic mass is 9.83. The van der Waals surface area contributed by atoms with E-state index < -0.39 is 0 Å². The van der Waals surface area contributed by atoms with Crippen LogP contribution in [0.4, 0.5) is 5.82 Å². The SMILES string of the molecule is C#CCn1c(-c2ccccc2)nc(C2CCC2)c1N. The van der Waals surface area contributed by atoms with Crippen molar-refractivity contribution in [1.29, 1.82) is 0 Å². The third-order valence-corrected chi connectivity index (χ3v) is 3.81. The van der Waals surface area contributed by atoms with Gasteiger partial charge in [-0.1, -0.05) is 42.7 Å². The zero-order valence-electron chi connectivity index (χ0n) is 10.8. The Kier molecular flexibility index (Phi) is 3.00. The third kappa shape index (κ3) is 2.00. The van der Waals surface area contributed by atoms with E-state index in [0.717, 1.165) is 22.9 Å². The number of hydrogen-bond donors (Lipinski definition) is 1. The van der Waals surface area contributed by atoms with Gasteiger partial charge in [0.25, 0.3) is 0 Å². The molecule has 1 aromatic heterocycles. The summed E-state index contributed by atoms with van der Waals surface area (Å²) >= 11 is 0. The Balaban J connectivity index is 2.10. The second-order valence-corrected chi connectivity index (χ2v) is 4.99. The van der Waals surface area contributed by atoms with Gasteiger partial charge in [0.1, 0.15) is 11.6 Å². The molecule has 1 fully saturated rings. The lowest BCUT2D eigenvalue weighted by Gasteiger charge is -2.23. The van der Waals surface area contributed by atoms with Crippen LogP contribution < -0.4 is 5.73 Å². The molecule has 3 rings (SSSR count). The fourth-order valence-corrected chi connectivity index (χ4v) is 2.53. The van der Waals surface area contributed by atoms with E-state index in [1.54, 1.807) is 0 Å². The number of nitrogens with two attached hydrogens (primary N) is 1. The molecular formula is C16H17N3.